The van der Waals surface area contributed by atoms with Gasteiger partial charge in [0.1, 0.15) is 0 Å². The minimum absolute atomic E-state index is 0.748. The Kier molecular flexibility index (Phi) is 3.45. The summed E-state index contributed by atoms with van der Waals surface area (Å²) in [6, 6.07) is 1.54. The molecule has 1 saturated carbocycles. The normalized spacial score (nSPS) is 44.1. The second-order valence-corrected chi connectivity index (χ2v) is 5.47. The van der Waals surface area contributed by atoms with Gasteiger partial charge in [0.2, 0.25) is 0 Å². The van der Waals surface area contributed by atoms with Gasteiger partial charge in [-0.2, -0.15) is 0 Å². The van der Waals surface area contributed by atoms with Crippen molar-refractivity contribution in [2.75, 3.05) is 13.1 Å². The van der Waals surface area contributed by atoms with Gasteiger partial charge in [-0.1, -0.05) is 13.8 Å². The fourth-order valence-electron chi connectivity index (χ4n) is 3.21. The molecule has 2 rings (SSSR count). The Balaban J connectivity index is 1.78. The van der Waals surface area contributed by atoms with Crippen molar-refractivity contribution in [3.63, 3.8) is 0 Å². The zero-order valence-electron chi connectivity index (χ0n) is 9.55. The Hall–Kier alpha value is -0.0800. The van der Waals surface area contributed by atoms with Gasteiger partial charge < -0.3 is 10.6 Å². The number of hydrogen-bond acceptors (Lipinski definition) is 2. The topological polar surface area (TPSA) is 24.1 Å². The Morgan fingerprint density at radius 1 is 1.00 bits per heavy atom. The van der Waals surface area contributed by atoms with Crippen LogP contribution in [0.4, 0.5) is 0 Å². The molecule has 0 radical (unpaired) electrons. The third kappa shape index (κ3) is 2.71. The summed E-state index contributed by atoms with van der Waals surface area (Å²) in [6.45, 7) is 7.18. The summed E-state index contributed by atoms with van der Waals surface area (Å²) in [6.07, 6.45) is 5.53. The van der Waals surface area contributed by atoms with Crippen LogP contribution in [0.1, 0.15) is 39.5 Å². The first-order valence-electron chi connectivity index (χ1n) is 6.21. The molecule has 1 aliphatic carbocycles. The van der Waals surface area contributed by atoms with E-state index in [4.69, 9.17) is 0 Å². The van der Waals surface area contributed by atoms with Crippen molar-refractivity contribution >= 4 is 0 Å². The second-order valence-electron chi connectivity index (χ2n) is 5.47. The lowest BCUT2D eigenvalue weighted by Gasteiger charge is -2.33. The highest BCUT2D eigenvalue weighted by molar-refractivity contribution is 4.85. The number of nitrogens with one attached hydrogen (secondary N) is 2. The van der Waals surface area contributed by atoms with Crippen LogP contribution < -0.4 is 10.6 Å². The van der Waals surface area contributed by atoms with Gasteiger partial charge in [0, 0.05) is 18.6 Å². The fourth-order valence-corrected chi connectivity index (χ4v) is 3.21. The predicted octanol–water partition coefficient (Wildman–Crippen LogP) is 1.76. The molecule has 2 unspecified atom stereocenters. The average molecular weight is 196 g/mol. The maximum atomic E-state index is 3.82. The van der Waals surface area contributed by atoms with E-state index in [2.05, 4.69) is 24.5 Å². The molecule has 0 bridgehead atoms. The summed E-state index contributed by atoms with van der Waals surface area (Å²) in [5.74, 6) is 1.84. The van der Waals surface area contributed by atoms with Gasteiger partial charge in [0.05, 0.1) is 0 Å². The number of rotatable bonds is 2. The third-order valence-electron chi connectivity index (χ3n) is 3.71. The van der Waals surface area contributed by atoms with E-state index in [0.29, 0.717) is 0 Å². The molecular formula is C12H24N2. The average Bonchev–Trinajstić information content (AvgIpc) is 2.54. The van der Waals surface area contributed by atoms with Crippen LogP contribution in [0.2, 0.25) is 0 Å². The molecular weight excluding hydrogens is 172 g/mol. The van der Waals surface area contributed by atoms with Crippen LogP contribution in [0.15, 0.2) is 0 Å². The molecule has 2 heteroatoms. The first-order chi connectivity index (χ1) is 6.74. The smallest absolute Gasteiger partial charge is 0.0207 e. The Labute approximate surface area is 87.8 Å². The van der Waals surface area contributed by atoms with Crippen molar-refractivity contribution in [2.45, 2.75) is 51.6 Å². The van der Waals surface area contributed by atoms with Crippen molar-refractivity contribution < 1.29 is 0 Å². The Bertz CT molecular complexity index is 165. The maximum absolute atomic E-state index is 3.82. The molecule has 3 atom stereocenters. The van der Waals surface area contributed by atoms with Crippen LogP contribution in [0.3, 0.4) is 0 Å². The summed E-state index contributed by atoms with van der Waals surface area (Å²) < 4.78 is 0. The minimum atomic E-state index is 0.748. The highest BCUT2D eigenvalue weighted by Gasteiger charge is 2.26. The SMILES string of the molecule is CC1CC(C)CC(N[C@@H]2CCNC2)C1. The molecule has 0 amide bonds. The lowest BCUT2D eigenvalue weighted by Crippen LogP contribution is -2.43. The van der Waals surface area contributed by atoms with E-state index in [-0.39, 0.29) is 0 Å². The fraction of sp³-hybridized carbons (Fsp3) is 1.00. The van der Waals surface area contributed by atoms with E-state index >= 15 is 0 Å². The van der Waals surface area contributed by atoms with Crippen LogP contribution in [0.5, 0.6) is 0 Å². The molecule has 1 saturated heterocycles. The molecule has 0 aromatic heterocycles. The highest BCUT2D eigenvalue weighted by Crippen LogP contribution is 2.28. The van der Waals surface area contributed by atoms with Crippen molar-refractivity contribution in [3.05, 3.63) is 0 Å². The van der Waals surface area contributed by atoms with Crippen LogP contribution in [0, 0.1) is 11.8 Å². The molecule has 2 aliphatic rings. The molecule has 0 spiro atoms. The molecule has 0 aromatic carbocycles. The lowest BCUT2D eigenvalue weighted by atomic mass is 9.80. The van der Waals surface area contributed by atoms with Gasteiger partial charge in [-0.15, -0.1) is 0 Å². The van der Waals surface area contributed by atoms with Crippen molar-refractivity contribution in [3.8, 4) is 0 Å². The summed E-state index contributed by atoms with van der Waals surface area (Å²) >= 11 is 0. The highest BCUT2D eigenvalue weighted by atomic mass is 15.0. The van der Waals surface area contributed by atoms with E-state index in [1.807, 2.05) is 0 Å². The van der Waals surface area contributed by atoms with Gasteiger partial charge in [0.15, 0.2) is 0 Å². The lowest BCUT2D eigenvalue weighted by molar-refractivity contribution is 0.228. The van der Waals surface area contributed by atoms with E-state index in [9.17, 15) is 0 Å². The molecule has 1 aliphatic heterocycles. The van der Waals surface area contributed by atoms with Crippen molar-refractivity contribution in [2.24, 2.45) is 11.8 Å². The second kappa shape index (κ2) is 4.63. The van der Waals surface area contributed by atoms with Crippen LogP contribution in [-0.4, -0.2) is 25.2 Å². The predicted molar refractivity (Wildman–Crippen MR) is 60.4 cm³/mol. The minimum Gasteiger partial charge on any atom is -0.315 e. The quantitative estimate of drug-likeness (QED) is 0.703. The monoisotopic (exact) mass is 196 g/mol. The standard InChI is InChI=1S/C12H24N2/c1-9-5-10(2)7-12(6-9)14-11-3-4-13-8-11/h9-14H,3-8H2,1-2H3/t9?,10?,11-,12?/m1/s1. The zero-order chi connectivity index (χ0) is 9.97. The molecule has 1 heterocycles. The third-order valence-corrected chi connectivity index (χ3v) is 3.71. The first kappa shape index (κ1) is 10.4. The summed E-state index contributed by atoms with van der Waals surface area (Å²) in [4.78, 5) is 0. The van der Waals surface area contributed by atoms with Crippen molar-refractivity contribution in [1.82, 2.24) is 10.6 Å². The maximum Gasteiger partial charge on any atom is 0.0207 e. The Morgan fingerprint density at radius 3 is 2.29 bits per heavy atom. The molecule has 82 valence electrons. The van der Waals surface area contributed by atoms with Crippen LogP contribution in [0.25, 0.3) is 0 Å². The van der Waals surface area contributed by atoms with Gasteiger partial charge in [-0.3, -0.25) is 0 Å². The zero-order valence-corrected chi connectivity index (χ0v) is 9.55. The summed E-state index contributed by atoms with van der Waals surface area (Å²) in [5.41, 5.74) is 0. The van der Waals surface area contributed by atoms with Crippen LogP contribution in [-0.2, 0) is 0 Å². The van der Waals surface area contributed by atoms with E-state index in [1.54, 1.807) is 0 Å². The first-order valence-corrected chi connectivity index (χ1v) is 6.21. The van der Waals surface area contributed by atoms with E-state index < -0.39 is 0 Å². The molecule has 2 nitrogen and oxygen atoms in total. The van der Waals surface area contributed by atoms with Gasteiger partial charge in [-0.25, -0.2) is 0 Å². The van der Waals surface area contributed by atoms with Crippen LogP contribution >= 0.6 is 0 Å². The van der Waals surface area contributed by atoms with Gasteiger partial charge in [-0.05, 0) is 44.1 Å². The molecule has 2 fully saturated rings. The Morgan fingerprint density at radius 2 is 1.71 bits per heavy atom. The van der Waals surface area contributed by atoms with Gasteiger partial charge >= 0.3 is 0 Å². The molecule has 2 N–H and O–H groups in total. The molecule has 14 heavy (non-hydrogen) atoms. The van der Waals surface area contributed by atoms with E-state index in [1.165, 1.54) is 38.8 Å². The molecule has 0 aromatic rings. The summed E-state index contributed by atoms with van der Waals surface area (Å²) in [5, 5.41) is 7.24. The van der Waals surface area contributed by atoms with E-state index in [0.717, 1.165) is 23.9 Å². The largest absolute Gasteiger partial charge is 0.315 e. The van der Waals surface area contributed by atoms with Crippen molar-refractivity contribution in [1.29, 1.82) is 0 Å². The summed E-state index contributed by atoms with van der Waals surface area (Å²) in [7, 11) is 0. The van der Waals surface area contributed by atoms with Gasteiger partial charge in [0.25, 0.3) is 0 Å². The number of hydrogen-bond donors (Lipinski definition) is 2.